The zero-order valence-corrected chi connectivity index (χ0v) is 16.6. The Hall–Kier alpha value is -2.74. The molecule has 0 unspecified atom stereocenters. The number of aromatic nitrogens is 3. The van der Waals surface area contributed by atoms with E-state index in [-0.39, 0.29) is 17.1 Å². The lowest BCUT2D eigenvalue weighted by atomic mass is 10.0. The predicted molar refractivity (Wildman–Crippen MR) is 107 cm³/mol. The van der Waals surface area contributed by atoms with Crippen molar-refractivity contribution in [3.8, 4) is 17.0 Å². The van der Waals surface area contributed by atoms with Gasteiger partial charge in [-0.05, 0) is 30.2 Å². The number of hydrogen-bond donors (Lipinski definition) is 0. The summed E-state index contributed by atoms with van der Waals surface area (Å²) in [7, 11) is -1.60. The number of benzene rings is 1. The largest absolute Gasteiger partial charge is 0.489 e. The molecule has 28 heavy (non-hydrogen) atoms. The molecule has 0 spiro atoms. The first-order valence-electron chi connectivity index (χ1n) is 9.07. The van der Waals surface area contributed by atoms with Crippen molar-refractivity contribution in [1.82, 2.24) is 14.5 Å². The third-order valence-electron chi connectivity index (χ3n) is 4.71. The quantitative estimate of drug-likeness (QED) is 0.632. The Kier molecular flexibility index (Phi) is 4.66. The molecule has 4 rings (SSSR count). The minimum Gasteiger partial charge on any atom is -0.489 e. The summed E-state index contributed by atoms with van der Waals surface area (Å²) in [4.78, 5) is 21.2. The van der Waals surface area contributed by atoms with Gasteiger partial charge in [-0.3, -0.25) is 4.79 Å². The molecule has 0 bridgehead atoms. The smallest absolute Gasteiger partial charge is 0.258 e. The van der Waals surface area contributed by atoms with Crippen LogP contribution >= 0.6 is 0 Å². The molecule has 2 aromatic heterocycles. The maximum atomic E-state index is 12.5. The Balaban J connectivity index is 1.91. The van der Waals surface area contributed by atoms with Gasteiger partial charge in [0.2, 0.25) is 0 Å². The lowest BCUT2D eigenvalue weighted by Crippen LogP contribution is -2.17. The molecule has 0 aliphatic heterocycles. The normalized spacial score (nSPS) is 14.4. The first-order valence-corrected chi connectivity index (χ1v) is 11.1. The van der Waals surface area contributed by atoms with Crippen molar-refractivity contribution in [2.75, 3.05) is 12.9 Å². The van der Waals surface area contributed by atoms with Gasteiger partial charge in [-0.15, -0.1) is 0 Å². The van der Waals surface area contributed by atoms with E-state index in [2.05, 4.69) is 9.97 Å². The van der Waals surface area contributed by atoms with Crippen LogP contribution in [-0.4, -0.2) is 35.8 Å². The summed E-state index contributed by atoms with van der Waals surface area (Å²) in [6, 6.07) is 7.29. The van der Waals surface area contributed by atoms with Crippen LogP contribution < -0.4 is 10.3 Å². The number of fused-ring (bicyclic) bond motifs is 1. The van der Waals surface area contributed by atoms with E-state index >= 15 is 0 Å². The molecule has 1 fully saturated rings. The van der Waals surface area contributed by atoms with Gasteiger partial charge in [-0.25, -0.2) is 18.4 Å². The van der Waals surface area contributed by atoms with Crippen LogP contribution in [-0.2, 0) is 22.6 Å². The number of pyridine rings is 1. The second-order valence-electron chi connectivity index (χ2n) is 7.33. The van der Waals surface area contributed by atoms with Crippen molar-refractivity contribution in [1.29, 1.82) is 0 Å². The molecule has 1 saturated carbocycles. The molecule has 146 valence electrons. The molecular weight excluding hydrogens is 378 g/mol. The summed E-state index contributed by atoms with van der Waals surface area (Å²) in [6.07, 6.45) is 6.68. The molecule has 1 aromatic carbocycles. The van der Waals surface area contributed by atoms with Crippen molar-refractivity contribution >= 4 is 20.6 Å². The van der Waals surface area contributed by atoms with E-state index < -0.39 is 9.84 Å². The van der Waals surface area contributed by atoms with Gasteiger partial charge in [0.05, 0.1) is 12.8 Å². The Labute approximate surface area is 162 Å². The first-order chi connectivity index (χ1) is 13.3. The van der Waals surface area contributed by atoms with Crippen LogP contribution in [0.3, 0.4) is 0 Å². The van der Waals surface area contributed by atoms with Crippen molar-refractivity contribution in [2.24, 2.45) is 13.0 Å². The standard InChI is InChI=1S/C20H21N3O4S/c1-23-10-16(14-5-3-4-6-15(14)20(23)24)19-17(27-11-13-7-8-13)9-21-18(22-19)12-28(2,25)26/h3-6,9-10,13H,7-8,11-12H2,1-2H3. The summed E-state index contributed by atoms with van der Waals surface area (Å²) in [5, 5.41) is 1.31. The van der Waals surface area contributed by atoms with Crippen LogP contribution in [0, 0.1) is 5.92 Å². The van der Waals surface area contributed by atoms with Crippen LogP contribution in [0.15, 0.2) is 41.5 Å². The van der Waals surface area contributed by atoms with E-state index in [0.717, 1.165) is 24.5 Å². The van der Waals surface area contributed by atoms with Gasteiger partial charge in [0.1, 0.15) is 17.3 Å². The minimum atomic E-state index is -3.28. The molecule has 2 heterocycles. The van der Waals surface area contributed by atoms with Gasteiger partial charge in [0.25, 0.3) is 5.56 Å². The van der Waals surface area contributed by atoms with Gasteiger partial charge in [-0.2, -0.15) is 0 Å². The van der Waals surface area contributed by atoms with Gasteiger partial charge in [-0.1, -0.05) is 18.2 Å². The van der Waals surface area contributed by atoms with Crippen LogP contribution in [0.5, 0.6) is 5.75 Å². The number of ether oxygens (including phenoxy) is 1. The molecule has 0 N–H and O–H groups in total. The fraction of sp³-hybridized carbons (Fsp3) is 0.350. The van der Waals surface area contributed by atoms with Crippen molar-refractivity contribution in [2.45, 2.75) is 18.6 Å². The highest BCUT2D eigenvalue weighted by Gasteiger charge is 2.24. The van der Waals surface area contributed by atoms with Crippen LogP contribution in [0.4, 0.5) is 0 Å². The zero-order valence-electron chi connectivity index (χ0n) is 15.8. The number of sulfone groups is 1. The van der Waals surface area contributed by atoms with Crippen molar-refractivity contribution < 1.29 is 13.2 Å². The third-order valence-corrected chi connectivity index (χ3v) is 5.50. The van der Waals surface area contributed by atoms with E-state index in [1.807, 2.05) is 18.2 Å². The minimum absolute atomic E-state index is 0.106. The summed E-state index contributed by atoms with van der Waals surface area (Å²) in [5.41, 5.74) is 1.10. The van der Waals surface area contributed by atoms with Gasteiger partial charge < -0.3 is 9.30 Å². The van der Waals surface area contributed by atoms with E-state index in [1.54, 1.807) is 19.3 Å². The number of aryl methyl sites for hydroxylation is 1. The van der Waals surface area contributed by atoms with E-state index in [0.29, 0.717) is 34.9 Å². The van der Waals surface area contributed by atoms with Gasteiger partial charge >= 0.3 is 0 Å². The summed E-state index contributed by atoms with van der Waals surface area (Å²) in [6.45, 7) is 0.575. The van der Waals surface area contributed by atoms with E-state index in [1.165, 1.54) is 10.8 Å². The van der Waals surface area contributed by atoms with Crippen molar-refractivity contribution in [3.05, 3.63) is 52.8 Å². The predicted octanol–water partition coefficient (Wildman–Crippen LogP) is 2.33. The second kappa shape index (κ2) is 7.01. The maximum absolute atomic E-state index is 12.5. The number of hydrogen-bond acceptors (Lipinski definition) is 6. The lowest BCUT2D eigenvalue weighted by Gasteiger charge is -2.14. The Morgan fingerprint density at radius 1 is 1.21 bits per heavy atom. The second-order valence-corrected chi connectivity index (χ2v) is 9.47. The first kappa shape index (κ1) is 18.6. The highest BCUT2D eigenvalue weighted by Crippen LogP contribution is 2.35. The summed E-state index contributed by atoms with van der Waals surface area (Å²) >= 11 is 0. The molecule has 0 amide bonds. The van der Waals surface area contributed by atoms with Gasteiger partial charge in [0.15, 0.2) is 15.6 Å². The lowest BCUT2D eigenvalue weighted by molar-refractivity contribution is 0.298. The van der Waals surface area contributed by atoms with Gasteiger partial charge in [0, 0.05) is 30.4 Å². The molecule has 0 saturated heterocycles. The fourth-order valence-electron chi connectivity index (χ4n) is 3.11. The van der Waals surface area contributed by atoms with E-state index in [9.17, 15) is 13.2 Å². The molecule has 1 aliphatic carbocycles. The highest BCUT2D eigenvalue weighted by atomic mass is 32.2. The Bertz CT molecular complexity index is 1210. The Morgan fingerprint density at radius 3 is 2.61 bits per heavy atom. The molecule has 0 radical (unpaired) electrons. The molecular formula is C20H21N3O4S. The number of rotatable bonds is 6. The average Bonchev–Trinajstić information content (AvgIpc) is 3.47. The van der Waals surface area contributed by atoms with Crippen LogP contribution in [0.25, 0.3) is 22.0 Å². The molecule has 1 aliphatic rings. The summed E-state index contributed by atoms with van der Waals surface area (Å²) < 4.78 is 30.9. The van der Waals surface area contributed by atoms with Crippen LogP contribution in [0.1, 0.15) is 18.7 Å². The maximum Gasteiger partial charge on any atom is 0.258 e. The SMILES string of the molecule is Cn1cc(-c2nc(CS(C)(=O)=O)ncc2OCC2CC2)c2ccccc2c1=O. The monoisotopic (exact) mass is 399 g/mol. The molecule has 0 atom stereocenters. The number of nitrogens with zero attached hydrogens (tertiary/aromatic N) is 3. The summed E-state index contributed by atoms with van der Waals surface area (Å²) in [5.74, 6) is 0.981. The fourth-order valence-corrected chi connectivity index (χ4v) is 3.72. The Morgan fingerprint density at radius 2 is 1.93 bits per heavy atom. The average molecular weight is 399 g/mol. The van der Waals surface area contributed by atoms with Crippen molar-refractivity contribution in [3.63, 3.8) is 0 Å². The third kappa shape index (κ3) is 3.91. The molecule has 3 aromatic rings. The van der Waals surface area contributed by atoms with E-state index in [4.69, 9.17) is 4.74 Å². The highest BCUT2D eigenvalue weighted by molar-refractivity contribution is 7.89. The molecule has 8 heteroatoms. The zero-order chi connectivity index (χ0) is 19.9. The molecule has 7 nitrogen and oxygen atoms in total. The van der Waals surface area contributed by atoms with Crippen LogP contribution in [0.2, 0.25) is 0 Å². The topological polar surface area (TPSA) is 91.2 Å².